The number of ether oxygens (including phenoxy) is 2. The highest BCUT2D eigenvalue weighted by molar-refractivity contribution is 9.10. The second-order valence-corrected chi connectivity index (χ2v) is 7.19. The lowest BCUT2D eigenvalue weighted by atomic mass is 9.93. The second-order valence-electron chi connectivity index (χ2n) is 6.27. The summed E-state index contributed by atoms with van der Waals surface area (Å²) in [5, 5.41) is 9.78. The van der Waals surface area contributed by atoms with Crippen molar-refractivity contribution in [3.05, 3.63) is 76.0 Å². The van der Waals surface area contributed by atoms with Crippen molar-refractivity contribution in [3.63, 3.8) is 0 Å². The van der Waals surface area contributed by atoms with Crippen LogP contribution in [0.4, 0.5) is 0 Å². The van der Waals surface area contributed by atoms with E-state index in [0.29, 0.717) is 41.5 Å². The molecule has 0 bridgehead atoms. The molecular weight excluding hydrogens is 420 g/mol. The molecule has 4 rings (SSSR count). The van der Waals surface area contributed by atoms with Gasteiger partial charge in [0.2, 0.25) is 0 Å². The van der Waals surface area contributed by atoms with Crippen molar-refractivity contribution in [2.75, 3.05) is 13.2 Å². The Kier molecular flexibility index (Phi) is 5.09. The summed E-state index contributed by atoms with van der Waals surface area (Å²) in [6, 6.07) is 16.8. The summed E-state index contributed by atoms with van der Waals surface area (Å²) >= 11 is 3.31. The summed E-state index contributed by atoms with van der Waals surface area (Å²) < 4.78 is 12.0. The molecule has 5 nitrogen and oxygen atoms in total. The molecule has 0 radical (unpaired) electrons. The monoisotopic (exact) mass is 434 g/mol. The first-order valence-electron chi connectivity index (χ1n) is 8.72. The topological polar surface area (TPSA) is 72.2 Å². The van der Waals surface area contributed by atoms with Crippen LogP contribution in [0.1, 0.15) is 21.6 Å². The van der Waals surface area contributed by atoms with Gasteiger partial charge in [-0.2, -0.15) is 5.26 Å². The second kappa shape index (κ2) is 7.83. The highest BCUT2D eigenvalue weighted by atomic mass is 79.9. The molecule has 1 aromatic heterocycles. The number of carbonyl (C=O) groups is 1. The Morgan fingerprint density at radius 3 is 2.68 bits per heavy atom. The number of rotatable bonds is 4. The Morgan fingerprint density at radius 2 is 1.93 bits per heavy atom. The summed E-state index contributed by atoms with van der Waals surface area (Å²) in [5.74, 6) is 1.22. The lowest BCUT2D eigenvalue weighted by Gasteiger charge is -2.19. The first-order valence-corrected chi connectivity index (χ1v) is 9.52. The number of carbonyl (C=O) groups excluding carboxylic acids is 1. The molecule has 2 heterocycles. The van der Waals surface area contributed by atoms with Crippen LogP contribution >= 0.6 is 15.9 Å². The van der Waals surface area contributed by atoms with E-state index in [9.17, 15) is 10.1 Å². The summed E-state index contributed by atoms with van der Waals surface area (Å²) in [5.41, 5.74) is 3.12. The molecular formula is C22H15BrN2O3. The van der Waals surface area contributed by atoms with Crippen LogP contribution in [0.2, 0.25) is 0 Å². The number of fused-ring (bicyclic) bond motifs is 1. The number of Topliss-reactive ketones (excluding diaryl/α,β-unsaturated/α-hetero) is 1. The van der Waals surface area contributed by atoms with Crippen molar-refractivity contribution < 1.29 is 14.3 Å². The van der Waals surface area contributed by atoms with E-state index in [1.165, 1.54) is 0 Å². The van der Waals surface area contributed by atoms with Crippen molar-refractivity contribution in [2.24, 2.45) is 0 Å². The fraction of sp³-hybridized carbons (Fsp3) is 0.136. The van der Waals surface area contributed by atoms with E-state index >= 15 is 0 Å². The predicted octanol–water partition coefficient (Wildman–Crippen LogP) is 4.58. The molecule has 0 fully saturated rings. The first kappa shape index (κ1) is 18.2. The number of hydrogen-bond acceptors (Lipinski definition) is 5. The molecule has 0 spiro atoms. The lowest BCUT2D eigenvalue weighted by Crippen LogP contribution is -2.15. The zero-order chi connectivity index (χ0) is 19.5. The third-order valence-corrected chi connectivity index (χ3v) is 4.95. The Morgan fingerprint density at radius 1 is 1.11 bits per heavy atom. The Labute approximate surface area is 170 Å². The first-order chi connectivity index (χ1) is 13.7. The van der Waals surface area contributed by atoms with E-state index in [1.807, 2.05) is 30.3 Å². The molecule has 1 aliphatic rings. The number of hydrogen-bond donors (Lipinski definition) is 0. The maximum atomic E-state index is 12.6. The van der Waals surface area contributed by atoms with Crippen LogP contribution in [-0.2, 0) is 6.42 Å². The van der Waals surface area contributed by atoms with Crippen molar-refractivity contribution in [3.8, 4) is 28.7 Å². The molecule has 2 aromatic carbocycles. The van der Waals surface area contributed by atoms with Gasteiger partial charge < -0.3 is 9.47 Å². The maximum Gasteiger partial charge on any atom is 0.185 e. The minimum absolute atomic E-state index is 0.107. The summed E-state index contributed by atoms with van der Waals surface area (Å²) in [6.45, 7) is 1.02. The van der Waals surface area contributed by atoms with E-state index in [1.54, 1.807) is 24.4 Å². The summed E-state index contributed by atoms with van der Waals surface area (Å²) in [7, 11) is 0. The summed E-state index contributed by atoms with van der Waals surface area (Å²) in [4.78, 5) is 16.8. The van der Waals surface area contributed by atoms with Gasteiger partial charge in [-0.15, -0.1) is 0 Å². The third kappa shape index (κ3) is 3.62. The lowest BCUT2D eigenvalue weighted by molar-refractivity contribution is 0.0988. The SMILES string of the molecule is N#Cc1c(CC(=O)c2ccc(Br)cn2)cccc1-c1ccc2c(c1)OCCO2. The standard InChI is InChI=1S/C22H15BrN2O3/c23-16-5-6-19(25-13-16)20(26)10-14-2-1-3-17(18(14)12-24)15-4-7-21-22(11-15)28-9-8-27-21/h1-7,11,13H,8-10H2. The van der Waals surface area contributed by atoms with Gasteiger partial charge in [0.15, 0.2) is 17.3 Å². The maximum absolute atomic E-state index is 12.6. The molecule has 0 aliphatic carbocycles. The van der Waals surface area contributed by atoms with Gasteiger partial charge in [-0.3, -0.25) is 9.78 Å². The van der Waals surface area contributed by atoms with E-state index in [4.69, 9.17) is 9.47 Å². The molecule has 0 saturated heterocycles. The molecule has 6 heteroatoms. The molecule has 28 heavy (non-hydrogen) atoms. The van der Waals surface area contributed by atoms with Crippen molar-refractivity contribution >= 4 is 21.7 Å². The van der Waals surface area contributed by atoms with Crippen LogP contribution in [0.3, 0.4) is 0 Å². The van der Waals surface area contributed by atoms with Gasteiger partial charge in [0.25, 0.3) is 0 Å². The van der Waals surface area contributed by atoms with E-state index < -0.39 is 0 Å². The number of nitrogens with zero attached hydrogens (tertiary/aromatic N) is 2. The smallest absolute Gasteiger partial charge is 0.185 e. The van der Waals surface area contributed by atoms with Crippen LogP contribution in [0.15, 0.2) is 59.2 Å². The van der Waals surface area contributed by atoms with Crippen molar-refractivity contribution in [2.45, 2.75) is 6.42 Å². The zero-order valence-corrected chi connectivity index (χ0v) is 16.4. The molecule has 0 saturated carbocycles. The average Bonchev–Trinajstić information content (AvgIpc) is 2.73. The molecule has 0 unspecified atom stereocenters. The Hall–Kier alpha value is -3.17. The van der Waals surface area contributed by atoms with Crippen LogP contribution < -0.4 is 9.47 Å². The van der Waals surface area contributed by atoms with Gasteiger partial charge in [0.1, 0.15) is 25.0 Å². The third-order valence-electron chi connectivity index (χ3n) is 4.48. The fourth-order valence-corrected chi connectivity index (χ4v) is 3.37. The highest BCUT2D eigenvalue weighted by Crippen LogP contribution is 2.36. The van der Waals surface area contributed by atoms with E-state index in [-0.39, 0.29) is 12.2 Å². The molecule has 0 atom stereocenters. The Bertz CT molecular complexity index is 1090. The number of nitriles is 1. The number of ketones is 1. The van der Waals surface area contributed by atoms with Gasteiger partial charge in [0.05, 0.1) is 5.56 Å². The van der Waals surface area contributed by atoms with E-state index in [0.717, 1.165) is 15.6 Å². The molecule has 0 amide bonds. The molecule has 3 aromatic rings. The molecule has 1 aliphatic heterocycles. The van der Waals surface area contributed by atoms with Crippen LogP contribution in [-0.4, -0.2) is 24.0 Å². The van der Waals surface area contributed by atoms with Gasteiger partial charge in [-0.25, -0.2) is 0 Å². The number of aromatic nitrogens is 1. The normalized spacial score (nSPS) is 12.3. The largest absolute Gasteiger partial charge is 0.486 e. The zero-order valence-electron chi connectivity index (χ0n) is 14.8. The van der Waals surface area contributed by atoms with Crippen LogP contribution in [0.5, 0.6) is 11.5 Å². The molecule has 138 valence electrons. The number of benzene rings is 2. The fourth-order valence-electron chi connectivity index (χ4n) is 3.14. The van der Waals surface area contributed by atoms with Gasteiger partial charge >= 0.3 is 0 Å². The van der Waals surface area contributed by atoms with Crippen LogP contribution in [0, 0.1) is 11.3 Å². The van der Waals surface area contributed by atoms with Crippen LogP contribution in [0.25, 0.3) is 11.1 Å². The van der Waals surface area contributed by atoms with Gasteiger partial charge in [0, 0.05) is 17.1 Å². The average molecular weight is 435 g/mol. The van der Waals surface area contributed by atoms with E-state index in [2.05, 4.69) is 27.0 Å². The highest BCUT2D eigenvalue weighted by Gasteiger charge is 2.17. The molecule has 0 N–H and O–H groups in total. The Balaban J connectivity index is 1.68. The van der Waals surface area contributed by atoms with Gasteiger partial charge in [-0.1, -0.05) is 24.3 Å². The minimum Gasteiger partial charge on any atom is -0.486 e. The van der Waals surface area contributed by atoms with Crippen molar-refractivity contribution in [1.82, 2.24) is 4.98 Å². The summed E-state index contributed by atoms with van der Waals surface area (Å²) in [6.07, 6.45) is 1.69. The minimum atomic E-state index is -0.136. The quantitative estimate of drug-likeness (QED) is 0.561. The number of pyridine rings is 1. The van der Waals surface area contributed by atoms with Crippen molar-refractivity contribution in [1.29, 1.82) is 5.26 Å². The van der Waals surface area contributed by atoms with Gasteiger partial charge in [-0.05, 0) is 56.9 Å². The predicted molar refractivity (Wildman–Crippen MR) is 108 cm³/mol. The number of halogens is 1.